The van der Waals surface area contributed by atoms with E-state index < -0.39 is 0 Å². The summed E-state index contributed by atoms with van der Waals surface area (Å²) in [6.07, 6.45) is 7.42. The summed E-state index contributed by atoms with van der Waals surface area (Å²) < 4.78 is 0. The van der Waals surface area contributed by atoms with E-state index in [0.717, 1.165) is 11.4 Å². The Hall–Kier alpha value is -1.42. The number of aliphatic imine (C=N–C) groups is 2. The second-order valence-corrected chi connectivity index (χ2v) is 4.14. The SMILES string of the molecule is C1=NC2=NC(c3cccnc3)SC2=C1. The van der Waals surface area contributed by atoms with E-state index in [0.29, 0.717) is 0 Å². The van der Waals surface area contributed by atoms with E-state index in [9.17, 15) is 0 Å². The minimum atomic E-state index is 0.141. The van der Waals surface area contributed by atoms with Crippen molar-refractivity contribution in [1.82, 2.24) is 4.98 Å². The normalized spacial score (nSPS) is 23.3. The van der Waals surface area contributed by atoms with Crippen molar-refractivity contribution in [1.29, 1.82) is 0 Å². The third-order valence-electron chi connectivity index (χ3n) is 2.09. The molecule has 1 unspecified atom stereocenters. The first-order valence-corrected chi connectivity index (χ1v) is 5.20. The van der Waals surface area contributed by atoms with Crippen molar-refractivity contribution in [2.45, 2.75) is 5.37 Å². The van der Waals surface area contributed by atoms with Crippen LogP contribution in [-0.2, 0) is 0 Å². The number of hydrogen-bond donors (Lipinski definition) is 0. The van der Waals surface area contributed by atoms with Crippen molar-refractivity contribution in [2.24, 2.45) is 9.98 Å². The van der Waals surface area contributed by atoms with Crippen molar-refractivity contribution in [2.75, 3.05) is 0 Å². The Balaban J connectivity index is 1.95. The molecule has 0 saturated carbocycles. The molecule has 0 aromatic carbocycles. The predicted molar refractivity (Wildman–Crippen MR) is 58.6 cm³/mol. The van der Waals surface area contributed by atoms with Crippen molar-refractivity contribution in [3.8, 4) is 0 Å². The molecule has 68 valence electrons. The van der Waals surface area contributed by atoms with Gasteiger partial charge in [-0.3, -0.25) is 4.98 Å². The third-order valence-corrected chi connectivity index (χ3v) is 3.26. The first-order chi connectivity index (χ1) is 6.93. The Labute approximate surface area is 85.7 Å². The molecule has 0 amide bonds. The smallest absolute Gasteiger partial charge is 0.162 e. The Kier molecular flexibility index (Phi) is 1.73. The summed E-state index contributed by atoms with van der Waals surface area (Å²) >= 11 is 1.73. The van der Waals surface area contributed by atoms with Gasteiger partial charge in [0.05, 0.1) is 4.91 Å². The molecular weight excluding hydrogens is 194 g/mol. The fourth-order valence-electron chi connectivity index (χ4n) is 1.42. The summed E-state index contributed by atoms with van der Waals surface area (Å²) in [6, 6.07) is 3.97. The van der Waals surface area contributed by atoms with Crippen molar-refractivity contribution >= 4 is 23.8 Å². The molecule has 3 heterocycles. The lowest BCUT2D eigenvalue weighted by molar-refractivity contribution is 1.03. The molecule has 14 heavy (non-hydrogen) atoms. The zero-order chi connectivity index (χ0) is 9.38. The summed E-state index contributed by atoms with van der Waals surface area (Å²) in [4.78, 5) is 13.9. The van der Waals surface area contributed by atoms with Crippen LogP contribution in [0.2, 0.25) is 0 Å². The number of pyridine rings is 1. The van der Waals surface area contributed by atoms with E-state index in [1.54, 1.807) is 24.2 Å². The molecule has 0 spiro atoms. The number of aromatic nitrogens is 1. The number of allylic oxidation sites excluding steroid dienone is 1. The van der Waals surface area contributed by atoms with E-state index in [2.05, 4.69) is 15.0 Å². The Morgan fingerprint density at radius 2 is 2.36 bits per heavy atom. The Morgan fingerprint density at radius 1 is 1.36 bits per heavy atom. The fraction of sp³-hybridized carbons (Fsp3) is 0.100. The zero-order valence-electron chi connectivity index (χ0n) is 7.29. The highest BCUT2D eigenvalue weighted by atomic mass is 32.2. The maximum absolute atomic E-state index is 4.49. The van der Waals surface area contributed by atoms with Gasteiger partial charge in [-0.15, -0.1) is 0 Å². The largest absolute Gasteiger partial charge is 0.264 e. The average Bonchev–Trinajstić information content (AvgIpc) is 2.78. The monoisotopic (exact) mass is 201 g/mol. The fourth-order valence-corrected chi connectivity index (χ4v) is 2.44. The molecule has 0 N–H and O–H groups in total. The molecule has 1 aromatic rings. The van der Waals surface area contributed by atoms with E-state index in [1.165, 1.54) is 4.91 Å². The van der Waals surface area contributed by atoms with Gasteiger partial charge in [0.15, 0.2) is 5.84 Å². The van der Waals surface area contributed by atoms with Gasteiger partial charge in [0, 0.05) is 24.2 Å². The first-order valence-electron chi connectivity index (χ1n) is 4.32. The van der Waals surface area contributed by atoms with E-state index >= 15 is 0 Å². The van der Waals surface area contributed by atoms with Gasteiger partial charge in [-0.25, -0.2) is 9.98 Å². The molecule has 3 rings (SSSR count). The third kappa shape index (κ3) is 1.19. The number of hydrogen-bond acceptors (Lipinski definition) is 4. The summed E-state index contributed by atoms with van der Waals surface area (Å²) in [6.45, 7) is 0. The lowest BCUT2D eigenvalue weighted by Crippen LogP contribution is -1.87. The highest BCUT2D eigenvalue weighted by Gasteiger charge is 2.25. The molecule has 0 bridgehead atoms. The number of fused-ring (bicyclic) bond motifs is 1. The number of amidine groups is 1. The quantitative estimate of drug-likeness (QED) is 0.698. The van der Waals surface area contributed by atoms with E-state index in [1.807, 2.05) is 24.4 Å². The van der Waals surface area contributed by atoms with Gasteiger partial charge < -0.3 is 0 Å². The van der Waals surface area contributed by atoms with Gasteiger partial charge in [-0.2, -0.15) is 0 Å². The topological polar surface area (TPSA) is 37.6 Å². The van der Waals surface area contributed by atoms with Gasteiger partial charge in [0.2, 0.25) is 0 Å². The van der Waals surface area contributed by atoms with Crippen LogP contribution in [0.4, 0.5) is 0 Å². The second kappa shape index (κ2) is 3.06. The van der Waals surface area contributed by atoms with Crippen LogP contribution in [0.15, 0.2) is 45.5 Å². The van der Waals surface area contributed by atoms with E-state index in [4.69, 9.17) is 0 Å². The summed E-state index contributed by atoms with van der Waals surface area (Å²) in [5.74, 6) is 0.865. The summed E-state index contributed by atoms with van der Waals surface area (Å²) in [5.41, 5.74) is 1.13. The molecule has 0 aliphatic carbocycles. The minimum Gasteiger partial charge on any atom is -0.264 e. The molecule has 2 aliphatic heterocycles. The van der Waals surface area contributed by atoms with E-state index in [-0.39, 0.29) is 5.37 Å². The number of rotatable bonds is 1. The van der Waals surface area contributed by atoms with Gasteiger partial charge in [0.1, 0.15) is 5.37 Å². The highest BCUT2D eigenvalue weighted by molar-refractivity contribution is 8.04. The van der Waals surface area contributed by atoms with Crippen LogP contribution < -0.4 is 0 Å². The van der Waals surface area contributed by atoms with Crippen LogP contribution in [0.5, 0.6) is 0 Å². The van der Waals surface area contributed by atoms with Crippen LogP contribution in [0.25, 0.3) is 0 Å². The standard InChI is InChI=1S/C10H7N3S/c1-2-7(6-11-4-1)10-13-9-8(14-10)3-5-12-9/h1-6,10H. The molecule has 4 heteroatoms. The first kappa shape index (κ1) is 7.94. The molecule has 2 aliphatic rings. The maximum atomic E-state index is 4.49. The van der Waals surface area contributed by atoms with Crippen LogP contribution in [0, 0.1) is 0 Å². The van der Waals surface area contributed by atoms with Gasteiger partial charge in [-0.05, 0) is 12.1 Å². The van der Waals surface area contributed by atoms with Crippen molar-refractivity contribution in [3.63, 3.8) is 0 Å². The van der Waals surface area contributed by atoms with Gasteiger partial charge in [0.25, 0.3) is 0 Å². The Morgan fingerprint density at radius 3 is 3.14 bits per heavy atom. The zero-order valence-corrected chi connectivity index (χ0v) is 8.11. The molecule has 0 radical (unpaired) electrons. The molecular formula is C10H7N3S. The Bertz CT molecular complexity index is 448. The summed E-state index contributed by atoms with van der Waals surface area (Å²) in [5, 5.41) is 0.141. The lowest BCUT2D eigenvalue weighted by atomic mass is 10.3. The lowest BCUT2D eigenvalue weighted by Gasteiger charge is -2.03. The molecule has 1 atom stereocenters. The number of nitrogens with zero attached hydrogens (tertiary/aromatic N) is 3. The van der Waals surface area contributed by atoms with Crippen LogP contribution in [0.1, 0.15) is 10.9 Å². The molecule has 3 nitrogen and oxygen atoms in total. The van der Waals surface area contributed by atoms with Crippen molar-refractivity contribution in [3.05, 3.63) is 41.1 Å². The number of thioether (sulfide) groups is 1. The van der Waals surface area contributed by atoms with Crippen molar-refractivity contribution < 1.29 is 0 Å². The molecule has 0 fully saturated rings. The molecule has 1 aromatic heterocycles. The molecule has 0 saturated heterocycles. The van der Waals surface area contributed by atoms with Crippen LogP contribution >= 0.6 is 11.8 Å². The minimum absolute atomic E-state index is 0.141. The second-order valence-electron chi connectivity index (χ2n) is 3.02. The average molecular weight is 201 g/mol. The van der Waals surface area contributed by atoms with Gasteiger partial charge in [-0.1, -0.05) is 17.8 Å². The van der Waals surface area contributed by atoms with Crippen LogP contribution in [-0.4, -0.2) is 17.0 Å². The highest BCUT2D eigenvalue weighted by Crippen LogP contribution is 2.43. The predicted octanol–water partition coefficient (Wildman–Crippen LogP) is 2.19. The summed E-state index contributed by atoms with van der Waals surface area (Å²) in [7, 11) is 0. The van der Waals surface area contributed by atoms with Crippen LogP contribution in [0.3, 0.4) is 0 Å². The maximum Gasteiger partial charge on any atom is 0.162 e. The van der Waals surface area contributed by atoms with Gasteiger partial charge >= 0.3 is 0 Å².